The Morgan fingerprint density at radius 1 is 1.13 bits per heavy atom. The lowest BCUT2D eigenvalue weighted by Gasteiger charge is -2.34. The van der Waals surface area contributed by atoms with Gasteiger partial charge in [0.1, 0.15) is 11.9 Å². The molecule has 3 aromatic heterocycles. The third-order valence-corrected chi connectivity index (χ3v) is 5.13. The van der Waals surface area contributed by atoms with Gasteiger partial charge in [-0.1, -0.05) is 30.3 Å². The number of hydrogen-bond donors (Lipinski definition) is 1. The number of anilines is 1. The smallest absolute Gasteiger partial charge is 0.274 e. The van der Waals surface area contributed by atoms with Gasteiger partial charge in [-0.25, -0.2) is 13.9 Å². The number of nitrogens with zero attached hydrogens (tertiary/aromatic N) is 6. The molecule has 0 unspecified atom stereocenters. The molecular weight excluding hydrogens is 401 g/mol. The fourth-order valence-electron chi connectivity index (χ4n) is 3.48. The first kappa shape index (κ1) is 18.9. The molecule has 2 amide bonds. The molecule has 1 aromatic carbocycles. The summed E-state index contributed by atoms with van der Waals surface area (Å²) in [5.74, 6) is -0.334. The van der Waals surface area contributed by atoms with E-state index in [-0.39, 0.29) is 24.3 Å². The van der Waals surface area contributed by atoms with Crippen molar-refractivity contribution in [3.63, 3.8) is 0 Å². The highest BCUT2D eigenvalue weighted by molar-refractivity contribution is 6.11. The number of aromatic nitrogens is 5. The van der Waals surface area contributed by atoms with Crippen molar-refractivity contribution in [3.8, 4) is 11.4 Å². The maximum absolute atomic E-state index is 13.1. The van der Waals surface area contributed by atoms with Crippen molar-refractivity contribution >= 4 is 23.1 Å². The summed E-state index contributed by atoms with van der Waals surface area (Å²) in [5, 5.41) is 11.3. The van der Waals surface area contributed by atoms with E-state index in [2.05, 4.69) is 20.5 Å². The zero-order valence-electron chi connectivity index (χ0n) is 16.6. The van der Waals surface area contributed by atoms with Crippen LogP contribution in [0.2, 0.25) is 0 Å². The van der Waals surface area contributed by atoms with E-state index in [1.54, 1.807) is 29.9 Å². The van der Waals surface area contributed by atoms with Crippen LogP contribution >= 0.6 is 0 Å². The molecular formula is C21H18FN7O2. The minimum Gasteiger partial charge on any atom is -0.333 e. The van der Waals surface area contributed by atoms with E-state index in [0.717, 1.165) is 5.56 Å². The van der Waals surface area contributed by atoms with Crippen LogP contribution in [0.15, 0.2) is 54.9 Å². The first-order valence-corrected chi connectivity index (χ1v) is 9.68. The Kier molecular flexibility index (Phi) is 4.46. The van der Waals surface area contributed by atoms with Gasteiger partial charge in [0.05, 0.1) is 36.7 Å². The highest BCUT2D eigenvalue weighted by Crippen LogP contribution is 2.20. The Hall–Kier alpha value is -4.08. The van der Waals surface area contributed by atoms with Gasteiger partial charge in [-0.3, -0.25) is 14.3 Å². The van der Waals surface area contributed by atoms with Gasteiger partial charge in [0, 0.05) is 12.6 Å². The number of alkyl halides is 1. The van der Waals surface area contributed by atoms with Crippen molar-refractivity contribution in [2.75, 3.05) is 18.4 Å². The van der Waals surface area contributed by atoms with Crippen LogP contribution in [-0.2, 0) is 7.05 Å². The van der Waals surface area contributed by atoms with E-state index in [4.69, 9.17) is 0 Å². The number of carbonyl (C=O) groups is 2. The topological polar surface area (TPSA) is 97.4 Å². The fraction of sp³-hybridized carbons (Fsp3) is 0.190. The van der Waals surface area contributed by atoms with E-state index in [1.807, 2.05) is 30.3 Å². The van der Waals surface area contributed by atoms with Crippen LogP contribution in [0.4, 0.5) is 10.1 Å². The summed E-state index contributed by atoms with van der Waals surface area (Å²) in [6.45, 7) is 0.0585. The Labute approximate surface area is 176 Å². The maximum atomic E-state index is 13.1. The van der Waals surface area contributed by atoms with Crippen LogP contribution < -0.4 is 5.32 Å². The second-order valence-electron chi connectivity index (χ2n) is 7.31. The Bertz CT molecular complexity index is 1290. The molecule has 1 aliphatic rings. The van der Waals surface area contributed by atoms with Crippen LogP contribution in [0, 0.1) is 0 Å². The number of likely N-dealkylation sites (tertiary alicyclic amines) is 1. The average molecular weight is 419 g/mol. The molecule has 31 heavy (non-hydrogen) atoms. The summed E-state index contributed by atoms with van der Waals surface area (Å²) in [7, 11) is 1.58. The summed E-state index contributed by atoms with van der Waals surface area (Å²) in [4.78, 5) is 31.3. The van der Waals surface area contributed by atoms with Crippen LogP contribution in [0.5, 0.6) is 0 Å². The molecule has 1 aliphatic heterocycles. The lowest BCUT2D eigenvalue weighted by Crippen LogP contribution is -2.51. The molecule has 0 aliphatic carbocycles. The quantitative estimate of drug-likeness (QED) is 0.547. The molecule has 1 saturated heterocycles. The number of amides is 2. The number of rotatable bonds is 4. The van der Waals surface area contributed by atoms with Gasteiger partial charge < -0.3 is 10.2 Å². The molecule has 0 spiro atoms. The minimum atomic E-state index is -1.02. The standard InChI is InChI=1S/C21H18FN7O2/c1-27-18(16(9-23-27)21(31)28-10-14(22)11-28)20(30)24-15-7-8-17-25-19(26-29(17)12-15)13-5-3-2-4-6-13/h2-9,12,14H,10-11H2,1H3,(H,24,30). The van der Waals surface area contributed by atoms with Gasteiger partial charge in [0.15, 0.2) is 11.5 Å². The van der Waals surface area contributed by atoms with Crippen molar-refractivity contribution in [2.24, 2.45) is 7.05 Å². The summed E-state index contributed by atoms with van der Waals surface area (Å²) < 4.78 is 16.0. The third-order valence-electron chi connectivity index (χ3n) is 5.13. The summed E-state index contributed by atoms with van der Waals surface area (Å²) in [6, 6.07) is 13.0. The molecule has 0 atom stereocenters. The van der Waals surface area contributed by atoms with Crippen LogP contribution in [0.1, 0.15) is 20.8 Å². The van der Waals surface area contributed by atoms with E-state index in [1.165, 1.54) is 15.8 Å². The van der Waals surface area contributed by atoms with Gasteiger partial charge in [-0.2, -0.15) is 5.10 Å². The zero-order chi connectivity index (χ0) is 21.5. The van der Waals surface area contributed by atoms with Gasteiger partial charge >= 0.3 is 0 Å². The molecule has 4 aromatic rings. The van der Waals surface area contributed by atoms with E-state index in [9.17, 15) is 14.0 Å². The molecule has 0 radical (unpaired) electrons. The first-order valence-electron chi connectivity index (χ1n) is 9.68. The number of nitrogens with one attached hydrogen (secondary N) is 1. The maximum Gasteiger partial charge on any atom is 0.274 e. The number of fused-ring (bicyclic) bond motifs is 1. The number of benzene rings is 1. The molecule has 156 valence electrons. The van der Waals surface area contributed by atoms with Crippen molar-refractivity contribution in [1.82, 2.24) is 29.3 Å². The number of halogens is 1. The molecule has 1 fully saturated rings. The SMILES string of the molecule is Cn1ncc(C(=O)N2CC(F)C2)c1C(=O)Nc1ccc2nc(-c3ccccc3)nn2c1. The van der Waals surface area contributed by atoms with Gasteiger partial charge in [0.2, 0.25) is 0 Å². The van der Waals surface area contributed by atoms with Gasteiger partial charge in [-0.15, -0.1) is 5.10 Å². The first-order chi connectivity index (χ1) is 15.0. The number of hydrogen-bond acceptors (Lipinski definition) is 5. The molecule has 0 saturated carbocycles. The minimum absolute atomic E-state index is 0.0293. The molecule has 1 N–H and O–H groups in total. The molecule has 4 heterocycles. The zero-order valence-corrected chi connectivity index (χ0v) is 16.6. The predicted molar refractivity (Wildman–Crippen MR) is 110 cm³/mol. The van der Waals surface area contributed by atoms with Crippen LogP contribution in [0.25, 0.3) is 17.0 Å². The van der Waals surface area contributed by atoms with Crippen molar-refractivity contribution in [2.45, 2.75) is 6.17 Å². The van der Waals surface area contributed by atoms with E-state index < -0.39 is 18.0 Å². The van der Waals surface area contributed by atoms with Crippen molar-refractivity contribution in [1.29, 1.82) is 0 Å². The molecule has 0 bridgehead atoms. The number of pyridine rings is 1. The van der Waals surface area contributed by atoms with Gasteiger partial charge in [0.25, 0.3) is 11.8 Å². The monoisotopic (exact) mass is 419 g/mol. The molecule has 9 nitrogen and oxygen atoms in total. The summed E-state index contributed by atoms with van der Waals surface area (Å²) in [5.41, 5.74) is 2.24. The summed E-state index contributed by atoms with van der Waals surface area (Å²) in [6.07, 6.45) is 1.96. The molecule has 10 heteroatoms. The van der Waals surface area contributed by atoms with Crippen LogP contribution in [-0.4, -0.2) is 60.4 Å². The fourth-order valence-corrected chi connectivity index (χ4v) is 3.48. The normalized spacial score (nSPS) is 13.9. The lowest BCUT2D eigenvalue weighted by atomic mass is 10.1. The van der Waals surface area contributed by atoms with E-state index in [0.29, 0.717) is 17.2 Å². The predicted octanol–water partition coefficient (Wildman–Crippen LogP) is 2.18. The van der Waals surface area contributed by atoms with Gasteiger partial charge in [-0.05, 0) is 12.1 Å². The lowest BCUT2D eigenvalue weighted by molar-refractivity contribution is 0.0398. The Balaban J connectivity index is 1.39. The third kappa shape index (κ3) is 3.41. The van der Waals surface area contributed by atoms with E-state index >= 15 is 0 Å². The highest BCUT2D eigenvalue weighted by atomic mass is 19.1. The number of aryl methyl sites for hydroxylation is 1. The number of carbonyl (C=O) groups excluding carboxylic acids is 2. The van der Waals surface area contributed by atoms with Crippen LogP contribution in [0.3, 0.4) is 0 Å². The second kappa shape index (κ2) is 7.31. The Morgan fingerprint density at radius 3 is 2.65 bits per heavy atom. The largest absolute Gasteiger partial charge is 0.333 e. The average Bonchev–Trinajstić information content (AvgIpc) is 3.35. The Morgan fingerprint density at radius 2 is 1.90 bits per heavy atom. The van der Waals surface area contributed by atoms with Crippen molar-refractivity contribution < 1.29 is 14.0 Å². The highest BCUT2D eigenvalue weighted by Gasteiger charge is 2.34. The van der Waals surface area contributed by atoms with Crippen molar-refractivity contribution in [3.05, 3.63) is 66.1 Å². The summed E-state index contributed by atoms with van der Waals surface area (Å²) >= 11 is 0. The molecule has 5 rings (SSSR count). The second-order valence-corrected chi connectivity index (χ2v) is 7.31.